The monoisotopic (exact) mass is 581 g/mol. The number of likely N-dealkylation sites (N-methyl/N-ethyl adjacent to an activating group) is 2. The molecule has 1 amide bonds. The number of ether oxygens (including phenoxy) is 2. The third kappa shape index (κ3) is 5.84. The Morgan fingerprint density at radius 1 is 1.02 bits per heavy atom. The molecule has 0 atom stereocenters. The molecular weight excluding hydrogens is 546 g/mol. The van der Waals surface area contributed by atoms with E-state index >= 15 is 0 Å². The molecule has 3 heterocycles. The maximum atomic E-state index is 13.0. The molecule has 1 fully saturated rings. The molecule has 0 spiro atoms. The number of nitrogens with zero attached hydrogens (tertiary/aromatic N) is 4. The van der Waals surface area contributed by atoms with E-state index in [1.807, 2.05) is 42.5 Å². The van der Waals surface area contributed by atoms with Gasteiger partial charge in [0, 0.05) is 61.8 Å². The number of aromatic amines is 1. The highest BCUT2D eigenvalue weighted by Crippen LogP contribution is 2.34. The molecule has 3 aromatic carbocycles. The fourth-order valence-electron chi connectivity index (χ4n) is 5.59. The first-order valence-corrected chi connectivity index (χ1v) is 14.4. The lowest BCUT2D eigenvalue weighted by Crippen LogP contribution is -2.48. The number of esters is 1. The molecule has 0 radical (unpaired) electrons. The maximum Gasteiger partial charge on any atom is 0.337 e. The van der Waals surface area contributed by atoms with Crippen LogP contribution in [-0.2, 0) is 16.0 Å². The van der Waals surface area contributed by atoms with Crippen molar-refractivity contribution in [3.8, 4) is 11.6 Å². The number of carbonyl (C=O) groups excluding carboxylic acids is 2. The van der Waals surface area contributed by atoms with Crippen LogP contribution in [0.4, 0.5) is 11.4 Å². The van der Waals surface area contributed by atoms with E-state index < -0.39 is 5.97 Å². The van der Waals surface area contributed by atoms with Crippen LogP contribution in [0.25, 0.3) is 10.9 Å². The second kappa shape index (κ2) is 11.9. The standard InChI is InChI=1S/C33H35N5O5/c1-36-13-15-38(16-14-36)20-29(39)37(2)25-8-6-24(7-9-25)34-31(22-5-11-28-21(18-22)12-17-43-28)30-26-10-4-23(33(41)42-3)19-27(26)35-32(30)40/h4-11,18-19,35,40H,12-17,20H2,1-3H3. The van der Waals surface area contributed by atoms with Crippen molar-refractivity contribution in [2.24, 2.45) is 4.99 Å². The van der Waals surface area contributed by atoms with Gasteiger partial charge in [-0.05, 0) is 67.2 Å². The minimum Gasteiger partial charge on any atom is -0.494 e. The molecule has 2 aliphatic rings. The number of nitrogens with one attached hydrogen (secondary N) is 1. The number of H-pyrrole nitrogens is 1. The van der Waals surface area contributed by atoms with Crippen molar-refractivity contribution in [2.45, 2.75) is 6.42 Å². The van der Waals surface area contributed by atoms with Gasteiger partial charge in [0.15, 0.2) is 5.88 Å². The molecule has 1 saturated heterocycles. The topological polar surface area (TPSA) is 111 Å². The van der Waals surface area contributed by atoms with Crippen molar-refractivity contribution in [3.05, 3.63) is 82.9 Å². The summed E-state index contributed by atoms with van der Waals surface area (Å²) in [6, 6.07) is 18.5. The van der Waals surface area contributed by atoms with Crippen molar-refractivity contribution in [3.63, 3.8) is 0 Å². The molecule has 10 heteroatoms. The van der Waals surface area contributed by atoms with Crippen LogP contribution in [0.2, 0.25) is 0 Å². The van der Waals surface area contributed by atoms with Gasteiger partial charge >= 0.3 is 5.97 Å². The third-order valence-corrected chi connectivity index (χ3v) is 8.21. The Kier molecular flexibility index (Phi) is 7.88. The van der Waals surface area contributed by atoms with E-state index in [2.05, 4.69) is 21.8 Å². The second-order valence-electron chi connectivity index (χ2n) is 11.0. The van der Waals surface area contributed by atoms with Gasteiger partial charge in [0.05, 0.1) is 42.8 Å². The number of carbonyl (C=O) groups is 2. The summed E-state index contributed by atoms with van der Waals surface area (Å²) in [4.78, 5) is 39.3. The second-order valence-corrected chi connectivity index (χ2v) is 11.0. The molecule has 0 saturated carbocycles. The number of aromatic hydroxyl groups is 1. The number of aromatic nitrogens is 1. The lowest BCUT2D eigenvalue weighted by molar-refractivity contribution is -0.119. The molecule has 0 aliphatic carbocycles. The van der Waals surface area contributed by atoms with E-state index in [1.165, 1.54) is 7.11 Å². The van der Waals surface area contributed by atoms with Gasteiger partial charge < -0.3 is 29.4 Å². The Hall–Kier alpha value is -4.67. The van der Waals surface area contributed by atoms with Crippen molar-refractivity contribution in [2.75, 3.05) is 65.4 Å². The number of hydrogen-bond acceptors (Lipinski definition) is 8. The quantitative estimate of drug-likeness (QED) is 0.251. The first kappa shape index (κ1) is 28.4. The molecule has 1 aromatic heterocycles. The average molecular weight is 582 g/mol. The van der Waals surface area contributed by atoms with Crippen LogP contribution in [0.15, 0.2) is 65.7 Å². The highest BCUT2D eigenvalue weighted by atomic mass is 16.5. The highest BCUT2D eigenvalue weighted by molar-refractivity contribution is 6.22. The highest BCUT2D eigenvalue weighted by Gasteiger charge is 2.23. The Morgan fingerprint density at radius 3 is 2.51 bits per heavy atom. The number of hydrogen-bond donors (Lipinski definition) is 2. The molecule has 10 nitrogen and oxygen atoms in total. The Bertz CT molecular complexity index is 1700. The van der Waals surface area contributed by atoms with E-state index in [1.54, 1.807) is 30.1 Å². The first-order chi connectivity index (χ1) is 20.8. The molecule has 2 N–H and O–H groups in total. The number of amides is 1. The minimum absolute atomic E-state index is 0.0388. The van der Waals surface area contributed by atoms with Gasteiger partial charge in [-0.15, -0.1) is 0 Å². The number of benzene rings is 3. The Morgan fingerprint density at radius 2 is 1.77 bits per heavy atom. The zero-order valence-electron chi connectivity index (χ0n) is 24.6. The van der Waals surface area contributed by atoms with Crippen molar-refractivity contribution in [1.82, 2.24) is 14.8 Å². The minimum atomic E-state index is -0.461. The van der Waals surface area contributed by atoms with Gasteiger partial charge in [0.25, 0.3) is 0 Å². The van der Waals surface area contributed by atoms with E-state index in [4.69, 9.17) is 14.5 Å². The molecule has 43 heavy (non-hydrogen) atoms. The van der Waals surface area contributed by atoms with Gasteiger partial charge in [-0.25, -0.2) is 9.79 Å². The van der Waals surface area contributed by atoms with Crippen LogP contribution in [0.1, 0.15) is 27.0 Å². The van der Waals surface area contributed by atoms with Crippen LogP contribution in [-0.4, -0.2) is 98.0 Å². The number of anilines is 1. The number of methoxy groups -OCH3 is 1. The predicted molar refractivity (Wildman–Crippen MR) is 166 cm³/mol. The molecule has 6 rings (SSSR count). The lowest BCUT2D eigenvalue weighted by Gasteiger charge is -2.32. The van der Waals surface area contributed by atoms with Crippen LogP contribution in [0, 0.1) is 0 Å². The molecule has 2 aliphatic heterocycles. The number of fused-ring (bicyclic) bond motifs is 2. The summed E-state index contributed by atoms with van der Waals surface area (Å²) in [5, 5.41) is 11.8. The molecule has 0 unspecified atom stereocenters. The SMILES string of the molecule is COC(=O)c1ccc2c(C(=Nc3ccc(N(C)C(=O)CN4CCN(C)CC4)cc3)c3ccc4c(c3)CCO4)c(O)[nH]c2c1. The predicted octanol–water partition coefficient (Wildman–Crippen LogP) is 3.97. The normalized spacial score (nSPS) is 15.7. The van der Waals surface area contributed by atoms with E-state index in [9.17, 15) is 14.7 Å². The van der Waals surface area contributed by atoms with Gasteiger partial charge in [-0.2, -0.15) is 0 Å². The molecule has 0 bridgehead atoms. The summed E-state index contributed by atoms with van der Waals surface area (Å²) < 4.78 is 10.6. The fraction of sp³-hybridized carbons (Fsp3) is 0.303. The van der Waals surface area contributed by atoms with Crippen LogP contribution >= 0.6 is 0 Å². The summed E-state index contributed by atoms with van der Waals surface area (Å²) in [5.74, 6) is 0.370. The zero-order valence-corrected chi connectivity index (χ0v) is 24.6. The summed E-state index contributed by atoms with van der Waals surface area (Å²) in [5.41, 5.74) is 5.39. The number of rotatable bonds is 7. The van der Waals surface area contributed by atoms with Crippen LogP contribution in [0.5, 0.6) is 11.6 Å². The van der Waals surface area contributed by atoms with Crippen molar-refractivity contribution < 1.29 is 24.2 Å². The van der Waals surface area contributed by atoms with Crippen molar-refractivity contribution in [1.29, 1.82) is 0 Å². The first-order valence-electron chi connectivity index (χ1n) is 14.4. The average Bonchev–Trinajstić information content (AvgIpc) is 3.63. The van der Waals surface area contributed by atoms with E-state index in [0.29, 0.717) is 46.6 Å². The third-order valence-electron chi connectivity index (χ3n) is 8.21. The summed E-state index contributed by atoms with van der Waals surface area (Å²) in [6.45, 7) is 4.69. The van der Waals surface area contributed by atoms with Gasteiger partial charge in [-0.1, -0.05) is 6.07 Å². The van der Waals surface area contributed by atoms with Gasteiger partial charge in [0.1, 0.15) is 5.75 Å². The van der Waals surface area contributed by atoms with Crippen molar-refractivity contribution >= 4 is 39.9 Å². The summed E-state index contributed by atoms with van der Waals surface area (Å²) >= 11 is 0. The summed E-state index contributed by atoms with van der Waals surface area (Å²) in [7, 11) is 5.22. The van der Waals surface area contributed by atoms with E-state index in [0.717, 1.165) is 55.2 Å². The Labute approximate surface area is 250 Å². The lowest BCUT2D eigenvalue weighted by atomic mass is 9.98. The van der Waals surface area contributed by atoms with E-state index in [-0.39, 0.29) is 11.8 Å². The maximum absolute atomic E-state index is 13.0. The zero-order chi connectivity index (χ0) is 30.1. The number of aliphatic imine (C=N–C) groups is 1. The van der Waals surface area contributed by atoms with Crippen LogP contribution < -0.4 is 9.64 Å². The molecule has 222 valence electrons. The van der Waals surface area contributed by atoms with Gasteiger partial charge in [-0.3, -0.25) is 9.69 Å². The largest absolute Gasteiger partial charge is 0.494 e. The fourth-order valence-corrected chi connectivity index (χ4v) is 5.59. The molecule has 4 aromatic rings. The van der Waals surface area contributed by atoms with Gasteiger partial charge in [0.2, 0.25) is 5.91 Å². The molecular formula is C33H35N5O5. The smallest absolute Gasteiger partial charge is 0.337 e. The van der Waals surface area contributed by atoms with Crippen LogP contribution in [0.3, 0.4) is 0 Å². The summed E-state index contributed by atoms with van der Waals surface area (Å²) in [6.07, 6.45) is 0.794. The number of piperazine rings is 1. The Balaban J connectivity index is 1.33.